The van der Waals surface area contributed by atoms with E-state index in [4.69, 9.17) is 9.26 Å². The van der Waals surface area contributed by atoms with E-state index in [1.54, 1.807) is 0 Å². The first-order valence-electron chi connectivity index (χ1n) is 12.4. The monoisotopic (exact) mass is 463 g/mol. The number of aromatic amines is 1. The number of hydrogen-bond donors (Lipinski definition) is 1. The first kappa shape index (κ1) is 22.7. The van der Waals surface area contributed by atoms with Gasteiger partial charge in [-0.2, -0.15) is 0 Å². The predicted molar refractivity (Wildman–Crippen MR) is 129 cm³/mol. The van der Waals surface area contributed by atoms with Gasteiger partial charge in [-0.25, -0.2) is 0 Å². The molecule has 1 saturated carbocycles. The van der Waals surface area contributed by atoms with E-state index in [1.165, 1.54) is 7.11 Å². The summed E-state index contributed by atoms with van der Waals surface area (Å²) in [5, 5.41) is 5.13. The summed E-state index contributed by atoms with van der Waals surface area (Å²) in [7, 11) is 1.47. The van der Waals surface area contributed by atoms with Gasteiger partial charge in [0.1, 0.15) is 0 Å². The number of carbonyl (C=O) groups is 2. The van der Waals surface area contributed by atoms with Gasteiger partial charge in [-0.05, 0) is 56.1 Å². The number of aromatic nitrogens is 2. The van der Waals surface area contributed by atoms with E-state index in [2.05, 4.69) is 22.0 Å². The number of esters is 1. The standard InChI is InChI=1S/C27H33N3O4/c1-16(21-15-28-22-10-4-8-20(26(21)22)24-14-17(2)29-34-24)13-25(31)30-12-6-9-18-19(27(32)33-3)7-5-11-23(18)30/h4,8,10,14-16,18-19,23,28H,5-7,9,11-13H2,1-3H3. The molecule has 180 valence electrons. The average Bonchev–Trinajstić information content (AvgIpc) is 3.49. The summed E-state index contributed by atoms with van der Waals surface area (Å²) < 4.78 is 10.6. The molecule has 4 atom stereocenters. The number of ether oxygens (including phenoxy) is 1. The summed E-state index contributed by atoms with van der Waals surface area (Å²) in [6.45, 7) is 4.80. The third-order valence-electron chi connectivity index (χ3n) is 7.83. The van der Waals surface area contributed by atoms with Gasteiger partial charge in [0.05, 0.1) is 18.7 Å². The van der Waals surface area contributed by atoms with Crippen LogP contribution in [0.3, 0.4) is 0 Å². The summed E-state index contributed by atoms with van der Waals surface area (Å²) in [4.78, 5) is 31.4. The van der Waals surface area contributed by atoms with E-state index in [9.17, 15) is 9.59 Å². The number of H-pyrrole nitrogens is 1. The number of carbonyl (C=O) groups excluding carboxylic acids is 2. The summed E-state index contributed by atoms with van der Waals surface area (Å²) in [5.74, 6) is 0.951. The first-order chi connectivity index (χ1) is 16.5. The van der Waals surface area contributed by atoms with Crippen molar-refractivity contribution in [2.24, 2.45) is 11.8 Å². The van der Waals surface area contributed by atoms with Crippen LogP contribution in [-0.4, -0.2) is 46.6 Å². The van der Waals surface area contributed by atoms with Gasteiger partial charge in [0, 0.05) is 47.7 Å². The molecule has 2 fully saturated rings. The normalized spacial score (nSPS) is 23.5. The molecule has 0 bridgehead atoms. The van der Waals surface area contributed by atoms with Crippen molar-refractivity contribution >= 4 is 22.8 Å². The zero-order valence-corrected chi connectivity index (χ0v) is 20.2. The minimum atomic E-state index is -0.119. The lowest BCUT2D eigenvalue weighted by molar-refractivity contribution is -0.154. The van der Waals surface area contributed by atoms with E-state index in [0.717, 1.165) is 72.1 Å². The van der Waals surface area contributed by atoms with Crippen LogP contribution in [0.2, 0.25) is 0 Å². The second kappa shape index (κ2) is 9.28. The minimum absolute atomic E-state index is 0.0341. The van der Waals surface area contributed by atoms with Crippen molar-refractivity contribution in [2.75, 3.05) is 13.7 Å². The van der Waals surface area contributed by atoms with Gasteiger partial charge in [0.15, 0.2) is 5.76 Å². The maximum atomic E-state index is 13.6. The Kier molecular flexibility index (Phi) is 6.19. The maximum absolute atomic E-state index is 13.6. The molecule has 0 spiro atoms. The van der Waals surface area contributed by atoms with E-state index in [-0.39, 0.29) is 35.7 Å². The van der Waals surface area contributed by atoms with Gasteiger partial charge in [-0.15, -0.1) is 0 Å². The van der Waals surface area contributed by atoms with E-state index in [1.807, 2.05) is 37.4 Å². The van der Waals surface area contributed by atoms with Crippen molar-refractivity contribution in [3.05, 3.63) is 41.7 Å². The first-order valence-corrected chi connectivity index (χ1v) is 12.4. The fraction of sp³-hybridized carbons (Fsp3) is 0.519. The van der Waals surface area contributed by atoms with Gasteiger partial charge in [-0.1, -0.05) is 30.6 Å². The van der Waals surface area contributed by atoms with Crippen molar-refractivity contribution in [2.45, 2.75) is 64.3 Å². The number of rotatable bonds is 5. The van der Waals surface area contributed by atoms with Crippen molar-refractivity contribution < 1.29 is 18.8 Å². The van der Waals surface area contributed by atoms with Crippen molar-refractivity contribution in [3.63, 3.8) is 0 Å². The summed E-state index contributed by atoms with van der Waals surface area (Å²) >= 11 is 0. The Morgan fingerprint density at radius 3 is 2.88 bits per heavy atom. The molecule has 7 nitrogen and oxygen atoms in total. The largest absolute Gasteiger partial charge is 0.469 e. The Balaban J connectivity index is 1.38. The summed E-state index contributed by atoms with van der Waals surface area (Å²) in [6.07, 6.45) is 7.18. The molecule has 5 rings (SSSR count). The highest BCUT2D eigenvalue weighted by Crippen LogP contribution is 2.41. The number of benzene rings is 1. The molecule has 1 N–H and O–H groups in total. The fourth-order valence-corrected chi connectivity index (χ4v) is 6.23. The molecular formula is C27H33N3O4. The van der Waals surface area contributed by atoms with E-state index in [0.29, 0.717) is 6.42 Å². The minimum Gasteiger partial charge on any atom is -0.469 e. The number of fused-ring (bicyclic) bond motifs is 2. The highest BCUT2D eigenvalue weighted by Gasteiger charge is 2.44. The average molecular weight is 464 g/mol. The van der Waals surface area contributed by atoms with Gasteiger partial charge in [0.2, 0.25) is 5.91 Å². The van der Waals surface area contributed by atoms with Gasteiger partial charge in [-0.3, -0.25) is 9.59 Å². The molecule has 3 aromatic rings. The molecule has 1 amide bonds. The number of piperidine rings is 1. The molecule has 3 heterocycles. The Hall–Kier alpha value is -3.09. The van der Waals surface area contributed by atoms with Crippen LogP contribution >= 0.6 is 0 Å². The quantitative estimate of drug-likeness (QED) is 0.525. The molecule has 2 aromatic heterocycles. The molecular weight excluding hydrogens is 430 g/mol. The van der Waals surface area contributed by atoms with E-state index < -0.39 is 0 Å². The lowest BCUT2D eigenvalue weighted by atomic mass is 9.71. The molecule has 7 heteroatoms. The number of aryl methyl sites for hydroxylation is 1. The highest BCUT2D eigenvalue weighted by atomic mass is 16.5. The number of methoxy groups -OCH3 is 1. The van der Waals surface area contributed by atoms with Crippen molar-refractivity contribution in [1.29, 1.82) is 0 Å². The molecule has 1 aromatic carbocycles. The Labute approximate surface area is 199 Å². The van der Waals surface area contributed by atoms with Crippen LogP contribution in [0.15, 0.2) is 35.0 Å². The van der Waals surface area contributed by atoms with Crippen LogP contribution in [-0.2, 0) is 14.3 Å². The number of amides is 1. The predicted octanol–water partition coefficient (Wildman–Crippen LogP) is 5.21. The number of hydrogen-bond acceptors (Lipinski definition) is 5. The van der Waals surface area contributed by atoms with Crippen LogP contribution in [0.4, 0.5) is 0 Å². The smallest absolute Gasteiger partial charge is 0.309 e. The van der Waals surface area contributed by atoms with Gasteiger partial charge < -0.3 is 19.1 Å². The van der Waals surface area contributed by atoms with Crippen LogP contribution in [0, 0.1) is 18.8 Å². The molecule has 0 radical (unpaired) electrons. The molecule has 1 aliphatic heterocycles. The number of likely N-dealkylation sites (tertiary alicyclic amines) is 1. The second-order valence-corrected chi connectivity index (χ2v) is 9.93. The zero-order valence-electron chi connectivity index (χ0n) is 20.2. The second-order valence-electron chi connectivity index (χ2n) is 9.93. The van der Waals surface area contributed by atoms with Crippen LogP contribution < -0.4 is 0 Å². The SMILES string of the molecule is COC(=O)C1CCCC2C1CCCN2C(=O)CC(C)c1c[nH]c2cccc(-c3cc(C)no3)c12. The molecule has 4 unspecified atom stereocenters. The molecule has 34 heavy (non-hydrogen) atoms. The topological polar surface area (TPSA) is 88.4 Å². The molecule has 2 aliphatic rings. The number of nitrogens with one attached hydrogen (secondary N) is 1. The van der Waals surface area contributed by atoms with Gasteiger partial charge >= 0.3 is 5.97 Å². The lowest BCUT2D eigenvalue weighted by Gasteiger charge is -2.47. The van der Waals surface area contributed by atoms with E-state index >= 15 is 0 Å². The highest BCUT2D eigenvalue weighted by molar-refractivity contribution is 5.97. The molecule has 1 saturated heterocycles. The maximum Gasteiger partial charge on any atom is 0.309 e. The zero-order chi connectivity index (χ0) is 23.8. The van der Waals surface area contributed by atoms with Crippen LogP contribution in [0.5, 0.6) is 0 Å². The third-order valence-corrected chi connectivity index (χ3v) is 7.83. The summed E-state index contributed by atoms with van der Waals surface area (Å²) in [5.41, 5.74) is 3.95. The Bertz CT molecular complexity index is 1200. The van der Waals surface area contributed by atoms with Crippen molar-refractivity contribution in [3.8, 4) is 11.3 Å². The molecule has 1 aliphatic carbocycles. The Morgan fingerprint density at radius 1 is 1.26 bits per heavy atom. The fourth-order valence-electron chi connectivity index (χ4n) is 6.23. The van der Waals surface area contributed by atoms with Crippen LogP contribution in [0.25, 0.3) is 22.2 Å². The van der Waals surface area contributed by atoms with Crippen LogP contribution in [0.1, 0.15) is 62.6 Å². The Morgan fingerprint density at radius 2 is 2.12 bits per heavy atom. The van der Waals surface area contributed by atoms with Gasteiger partial charge in [0.25, 0.3) is 0 Å². The third kappa shape index (κ3) is 4.01. The summed E-state index contributed by atoms with van der Waals surface area (Å²) in [6, 6.07) is 8.17. The van der Waals surface area contributed by atoms with Crippen molar-refractivity contribution in [1.82, 2.24) is 15.0 Å². The number of nitrogens with zero attached hydrogens (tertiary/aromatic N) is 2. The lowest BCUT2D eigenvalue weighted by Crippen LogP contribution is -2.53.